The Morgan fingerprint density at radius 1 is 1.26 bits per heavy atom. The zero-order valence-electron chi connectivity index (χ0n) is 20.2. The van der Waals surface area contributed by atoms with Gasteiger partial charge in [0, 0.05) is 16.7 Å². The molecule has 4 fully saturated rings. The van der Waals surface area contributed by atoms with Gasteiger partial charge in [-0.15, -0.1) is 0 Å². The largest absolute Gasteiger partial charge is 0.472 e. The van der Waals surface area contributed by atoms with E-state index in [2.05, 4.69) is 4.52 Å². The number of hydrogen-bond donors (Lipinski definition) is 4. The Balaban J connectivity index is 1.57. The molecular formula is C24H33O10P. The maximum atomic E-state index is 13.7. The van der Waals surface area contributed by atoms with Gasteiger partial charge in [-0.1, -0.05) is 25.5 Å². The normalized spacial score (nSPS) is 46.8. The molecule has 5 rings (SSSR count). The van der Waals surface area contributed by atoms with Crippen LogP contribution in [0.15, 0.2) is 23.8 Å². The van der Waals surface area contributed by atoms with Gasteiger partial charge in [-0.05, 0) is 63.5 Å². The first-order valence-corrected chi connectivity index (χ1v) is 13.5. The van der Waals surface area contributed by atoms with Gasteiger partial charge in [-0.3, -0.25) is 9.59 Å². The average Bonchev–Trinajstić information content (AvgIpc) is 3.12. The van der Waals surface area contributed by atoms with Crippen molar-refractivity contribution in [2.75, 3.05) is 0 Å². The van der Waals surface area contributed by atoms with Crippen LogP contribution in [-0.4, -0.2) is 61.5 Å². The molecule has 4 aliphatic carbocycles. The van der Waals surface area contributed by atoms with Gasteiger partial charge in [0.1, 0.15) is 0 Å². The molecule has 10 nitrogen and oxygen atoms in total. The van der Waals surface area contributed by atoms with Crippen molar-refractivity contribution >= 4 is 19.4 Å². The van der Waals surface area contributed by atoms with Crippen LogP contribution < -0.4 is 0 Å². The summed E-state index contributed by atoms with van der Waals surface area (Å²) in [5, 5.41) is 22.0. The first-order valence-electron chi connectivity index (χ1n) is 12.0. The van der Waals surface area contributed by atoms with Gasteiger partial charge in [0.05, 0.1) is 12.2 Å². The Morgan fingerprint density at radius 2 is 1.94 bits per heavy atom. The Kier molecular flexibility index (Phi) is 5.55. The maximum Gasteiger partial charge on any atom is 0.472 e. The van der Waals surface area contributed by atoms with Gasteiger partial charge in [-0.25, -0.2) is 9.09 Å². The number of ether oxygens (including phenoxy) is 2. The van der Waals surface area contributed by atoms with Crippen molar-refractivity contribution in [3.8, 4) is 0 Å². The van der Waals surface area contributed by atoms with Crippen molar-refractivity contribution in [3.63, 3.8) is 0 Å². The van der Waals surface area contributed by atoms with Gasteiger partial charge in [0.15, 0.2) is 17.2 Å². The van der Waals surface area contributed by atoms with Crippen LogP contribution in [0.5, 0.6) is 0 Å². The predicted octanol–water partition coefficient (Wildman–Crippen LogP) is 1.76. The number of allylic oxidation sites excluding steroid dienone is 4. The van der Waals surface area contributed by atoms with E-state index in [0.29, 0.717) is 19.3 Å². The number of ketones is 2. The highest BCUT2D eigenvalue weighted by molar-refractivity contribution is 7.46. The summed E-state index contributed by atoms with van der Waals surface area (Å²) in [4.78, 5) is 44.1. The zero-order valence-corrected chi connectivity index (χ0v) is 21.1. The predicted molar refractivity (Wildman–Crippen MR) is 120 cm³/mol. The molecule has 0 aromatic heterocycles. The first-order chi connectivity index (χ1) is 16.0. The van der Waals surface area contributed by atoms with Crippen molar-refractivity contribution < 1.29 is 48.2 Å². The SMILES string of the molecule is CC1(C)O[C@@H]2C[C@H]3[C@@H]4CCC5=CC(=O)C=C[C@]5(C)[C@H]4[C@@H](O)C[C@]3(C)[C@]2(C(=O)C(O)OP(=O)(O)O)O1. The summed E-state index contributed by atoms with van der Waals surface area (Å²) in [6.07, 6.45) is 2.96. The van der Waals surface area contributed by atoms with Gasteiger partial charge in [-0.2, -0.15) is 0 Å². The van der Waals surface area contributed by atoms with E-state index in [-0.39, 0.29) is 30.0 Å². The molecule has 0 radical (unpaired) electrons. The lowest BCUT2D eigenvalue weighted by Gasteiger charge is -2.60. The lowest BCUT2D eigenvalue weighted by Crippen LogP contribution is -2.65. The fourth-order valence-corrected chi connectivity index (χ4v) is 8.57. The van der Waals surface area contributed by atoms with E-state index in [4.69, 9.17) is 9.47 Å². The van der Waals surface area contributed by atoms with Crippen LogP contribution in [0, 0.1) is 28.6 Å². The van der Waals surface area contributed by atoms with Crippen LogP contribution in [0.1, 0.15) is 53.4 Å². The number of rotatable bonds is 4. The maximum absolute atomic E-state index is 13.7. The number of aliphatic hydroxyl groups is 2. The van der Waals surface area contributed by atoms with Crippen LogP contribution >= 0.6 is 7.82 Å². The number of carbonyl (C=O) groups excluding carboxylic acids is 2. The van der Waals surface area contributed by atoms with Gasteiger partial charge in [0.25, 0.3) is 0 Å². The van der Waals surface area contributed by atoms with Gasteiger partial charge in [0.2, 0.25) is 12.1 Å². The van der Waals surface area contributed by atoms with E-state index in [1.165, 1.54) is 0 Å². The zero-order chi connectivity index (χ0) is 25.8. The first kappa shape index (κ1) is 25.4. The smallest absolute Gasteiger partial charge is 0.393 e. The van der Waals surface area contributed by atoms with E-state index in [1.54, 1.807) is 26.0 Å². The molecule has 4 N–H and O–H groups in total. The van der Waals surface area contributed by atoms with Crippen LogP contribution in [0.25, 0.3) is 0 Å². The standard InChI is InChI=1S/C24H33O10P/c1-21(2)32-17-10-15-14-6-5-12-9-13(25)7-8-22(12,3)18(14)16(26)11-23(15,4)24(17,34-21)19(27)20(28)33-35(29,30)31/h7-9,14-18,20,26,28H,5-6,10-11H2,1-4H3,(H2,29,30,31)/t14-,15-,16-,17+,18+,20?,22-,23-,24-/m0/s1. The highest BCUT2D eigenvalue weighted by Gasteiger charge is 2.77. The molecule has 1 saturated heterocycles. The van der Waals surface area contributed by atoms with E-state index in [1.807, 2.05) is 19.9 Å². The lowest BCUT2D eigenvalue weighted by molar-refractivity contribution is -0.232. The molecule has 1 unspecified atom stereocenters. The number of phosphoric ester groups is 1. The van der Waals surface area contributed by atoms with Crippen molar-refractivity contribution in [1.82, 2.24) is 0 Å². The Morgan fingerprint density at radius 3 is 2.60 bits per heavy atom. The number of phosphoric acid groups is 1. The molecule has 9 atom stereocenters. The van der Waals surface area contributed by atoms with Crippen LogP contribution in [0.3, 0.4) is 0 Å². The number of hydrogen-bond acceptors (Lipinski definition) is 8. The summed E-state index contributed by atoms with van der Waals surface area (Å²) in [5.74, 6) is -2.65. The molecule has 1 heterocycles. The van der Waals surface area contributed by atoms with Crippen LogP contribution in [0.2, 0.25) is 0 Å². The summed E-state index contributed by atoms with van der Waals surface area (Å²) in [5.41, 5.74) is -2.28. The molecule has 1 aliphatic heterocycles. The summed E-state index contributed by atoms with van der Waals surface area (Å²) in [6, 6.07) is 0. The van der Waals surface area contributed by atoms with Gasteiger partial charge < -0.3 is 29.5 Å². The van der Waals surface area contributed by atoms with Gasteiger partial charge >= 0.3 is 7.82 Å². The Hall–Kier alpha value is -1.23. The number of carbonyl (C=O) groups is 2. The summed E-state index contributed by atoms with van der Waals surface area (Å²) in [6.45, 7) is 7.14. The highest BCUT2D eigenvalue weighted by atomic mass is 31.2. The van der Waals surface area contributed by atoms with E-state index in [9.17, 15) is 34.2 Å². The monoisotopic (exact) mass is 512 g/mol. The highest BCUT2D eigenvalue weighted by Crippen LogP contribution is 2.70. The molecule has 194 valence electrons. The molecule has 35 heavy (non-hydrogen) atoms. The van der Waals surface area contributed by atoms with Crippen molar-refractivity contribution in [1.29, 1.82) is 0 Å². The number of fused-ring (bicyclic) bond motifs is 7. The second kappa shape index (κ2) is 7.65. The van der Waals surface area contributed by atoms with E-state index in [0.717, 1.165) is 5.57 Å². The second-order valence-electron chi connectivity index (χ2n) is 11.6. The van der Waals surface area contributed by atoms with Crippen LogP contribution in [-0.2, 0) is 28.2 Å². The number of aliphatic hydroxyl groups excluding tert-OH is 2. The second-order valence-corrected chi connectivity index (χ2v) is 12.8. The third-order valence-electron chi connectivity index (χ3n) is 9.32. The minimum Gasteiger partial charge on any atom is -0.393 e. The quantitative estimate of drug-likeness (QED) is 0.323. The third kappa shape index (κ3) is 3.53. The molecule has 0 amide bonds. The van der Waals surface area contributed by atoms with Crippen LogP contribution in [0.4, 0.5) is 0 Å². The topological polar surface area (TPSA) is 160 Å². The van der Waals surface area contributed by atoms with Crippen molar-refractivity contribution in [2.24, 2.45) is 28.6 Å². The molecule has 0 aromatic rings. The molecule has 5 aliphatic rings. The molecule has 11 heteroatoms. The van der Waals surface area contributed by atoms with E-state index >= 15 is 0 Å². The van der Waals surface area contributed by atoms with Crippen molar-refractivity contribution in [3.05, 3.63) is 23.8 Å². The summed E-state index contributed by atoms with van der Waals surface area (Å²) in [7, 11) is -5.17. The Bertz CT molecular complexity index is 1080. The molecule has 3 saturated carbocycles. The Labute approximate surface area is 203 Å². The average molecular weight is 512 g/mol. The minimum atomic E-state index is -5.17. The fraction of sp³-hybridized carbons (Fsp3) is 0.750. The number of Topliss-reactive ketones (excluding diaryl/α,β-unsaturated/α-hetero) is 1. The third-order valence-corrected chi connectivity index (χ3v) is 9.79. The molecule has 0 bridgehead atoms. The minimum absolute atomic E-state index is 0.0332. The summed E-state index contributed by atoms with van der Waals surface area (Å²) >= 11 is 0. The summed E-state index contributed by atoms with van der Waals surface area (Å²) < 4.78 is 28.1. The van der Waals surface area contributed by atoms with Crippen molar-refractivity contribution in [2.45, 2.75) is 83.3 Å². The fourth-order valence-electron chi connectivity index (χ4n) is 8.22. The molecule has 0 spiro atoms. The molecular weight excluding hydrogens is 479 g/mol. The van der Waals surface area contributed by atoms with E-state index < -0.39 is 54.3 Å². The lowest BCUT2D eigenvalue weighted by atomic mass is 9.46. The molecule has 0 aromatic carbocycles.